The summed E-state index contributed by atoms with van der Waals surface area (Å²) in [6, 6.07) is 9.54. The molecule has 126 valence electrons. The summed E-state index contributed by atoms with van der Waals surface area (Å²) in [5, 5.41) is 3.52. The average molecular weight is 371 g/mol. The van der Waals surface area contributed by atoms with Crippen LogP contribution in [0, 0.1) is 0 Å². The lowest BCUT2D eigenvalue weighted by Gasteiger charge is -2.40. The predicted octanol–water partition coefficient (Wildman–Crippen LogP) is 6.39. The standard InChI is InChI=1S/C18H36P2Si2/c1-15(2)19(21(5,6)7)17-13-11-12-14-18(17)20(16(3)4)22(8,9)10/h11-16H,1-10H3. The number of hydrogen-bond acceptors (Lipinski definition) is 0. The second kappa shape index (κ2) is 7.60. The molecule has 0 spiro atoms. The van der Waals surface area contributed by atoms with Crippen molar-refractivity contribution in [3.8, 4) is 0 Å². The Kier molecular flexibility index (Phi) is 7.10. The van der Waals surface area contributed by atoms with Crippen molar-refractivity contribution >= 4 is 41.0 Å². The van der Waals surface area contributed by atoms with Crippen LogP contribution in [0.15, 0.2) is 24.3 Å². The van der Waals surface area contributed by atoms with E-state index in [9.17, 15) is 0 Å². The maximum atomic E-state index is 2.57. The van der Waals surface area contributed by atoms with Gasteiger partial charge in [0.1, 0.15) is 0 Å². The van der Waals surface area contributed by atoms with Crippen LogP contribution in [0.3, 0.4) is 0 Å². The lowest BCUT2D eigenvalue weighted by Crippen LogP contribution is -2.39. The van der Waals surface area contributed by atoms with E-state index >= 15 is 0 Å². The van der Waals surface area contributed by atoms with Gasteiger partial charge in [0.2, 0.25) is 0 Å². The van der Waals surface area contributed by atoms with Crippen molar-refractivity contribution in [2.24, 2.45) is 0 Å². The lowest BCUT2D eigenvalue weighted by atomic mass is 10.4. The van der Waals surface area contributed by atoms with Gasteiger partial charge in [-0.3, -0.25) is 0 Å². The molecule has 2 unspecified atom stereocenters. The molecule has 0 N–H and O–H groups in total. The average Bonchev–Trinajstić information content (AvgIpc) is 2.26. The van der Waals surface area contributed by atoms with Crippen LogP contribution in [0.25, 0.3) is 0 Å². The topological polar surface area (TPSA) is 0 Å². The van der Waals surface area contributed by atoms with Crippen LogP contribution in [-0.2, 0) is 0 Å². The second-order valence-electron chi connectivity index (χ2n) is 8.76. The van der Waals surface area contributed by atoms with E-state index < -0.39 is 15.5 Å². The molecule has 0 aromatic heterocycles. The van der Waals surface area contributed by atoms with Crippen LogP contribution in [-0.4, -0.2) is 26.8 Å². The lowest BCUT2D eigenvalue weighted by molar-refractivity contribution is 1.10. The molecule has 0 fully saturated rings. The molecule has 0 aliphatic carbocycles. The Labute approximate surface area is 143 Å². The fourth-order valence-electron chi connectivity index (χ4n) is 3.70. The number of benzene rings is 1. The third-order valence-electron chi connectivity index (χ3n) is 3.88. The van der Waals surface area contributed by atoms with E-state index in [-0.39, 0.29) is 14.9 Å². The Morgan fingerprint density at radius 3 is 1.09 bits per heavy atom. The summed E-state index contributed by atoms with van der Waals surface area (Å²) >= 11 is 0. The number of rotatable bonds is 6. The van der Waals surface area contributed by atoms with Crippen molar-refractivity contribution in [3.63, 3.8) is 0 Å². The van der Waals surface area contributed by atoms with Crippen LogP contribution in [0.1, 0.15) is 27.7 Å². The molecule has 0 heterocycles. The van der Waals surface area contributed by atoms with E-state index in [1.807, 2.05) is 0 Å². The number of hydrogen-bond donors (Lipinski definition) is 0. The summed E-state index contributed by atoms with van der Waals surface area (Å²) in [6.07, 6.45) is 0. The zero-order valence-electron chi connectivity index (χ0n) is 16.4. The van der Waals surface area contributed by atoms with E-state index in [2.05, 4.69) is 91.2 Å². The minimum atomic E-state index is -1.17. The fourth-order valence-corrected chi connectivity index (χ4v) is 26.5. The van der Waals surface area contributed by atoms with Gasteiger partial charge in [-0.2, -0.15) is 0 Å². The molecule has 2 atom stereocenters. The van der Waals surface area contributed by atoms with Crippen molar-refractivity contribution in [1.82, 2.24) is 0 Å². The zero-order valence-corrected chi connectivity index (χ0v) is 20.1. The maximum absolute atomic E-state index is 2.57. The molecule has 4 heteroatoms. The Balaban J connectivity index is 3.52. The SMILES string of the molecule is CC(C)P(c1ccccc1P(C(C)C)[Si](C)(C)C)[Si](C)(C)C. The fraction of sp³-hybridized carbons (Fsp3) is 0.667. The van der Waals surface area contributed by atoms with Crippen molar-refractivity contribution < 1.29 is 0 Å². The van der Waals surface area contributed by atoms with Crippen molar-refractivity contribution in [2.45, 2.75) is 78.3 Å². The van der Waals surface area contributed by atoms with E-state index in [0.717, 1.165) is 11.3 Å². The van der Waals surface area contributed by atoms with Crippen LogP contribution >= 0.6 is 14.9 Å². The van der Waals surface area contributed by atoms with Gasteiger partial charge >= 0.3 is 0 Å². The molecule has 0 radical (unpaired) electrons. The van der Waals surface area contributed by atoms with Gasteiger partial charge in [0.15, 0.2) is 0 Å². The normalized spacial score (nSPS) is 16.2. The third-order valence-corrected chi connectivity index (χ3v) is 24.0. The maximum Gasteiger partial charge on any atom is 0.0776 e. The highest BCUT2D eigenvalue weighted by Crippen LogP contribution is 2.54. The van der Waals surface area contributed by atoms with E-state index in [1.54, 1.807) is 10.6 Å². The van der Waals surface area contributed by atoms with Gasteiger partial charge in [0.05, 0.1) is 15.5 Å². The van der Waals surface area contributed by atoms with Gasteiger partial charge in [-0.25, -0.2) is 0 Å². The first-order chi connectivity index (χ1) is 9.87. The van der Waals surface area contributed by atoms with E-state index in [4.69, 9.17) is 0 Å². The molecule has 22 heavy (non-hydrogen) atoms. The molecule has 1 aromatic rings. The summed E-state index contributed by atoms with van der Waals surface area (Å²) in [7, 11) is -2.35. The summed E-state index contributed by atoms with van der Waals surface area (Å²) in [4.78, 5) is 0. The zero-order chi connectivity index (χ0) is 17.3. The van der Waals surface area contributed by atoms with Crippen LogP contribution < -0.4 is 10.6 Å². The smallest absolute Gasteiger partial charge is 0.0776 e. The van der Waals surface area contributed by atoms with Gasteiger partial charge in [0.25, 0.3) is 0 Å². The van der Waals surface area contributed by atoms with Gasteiger partial charge in [-0.05, 0) is 21.9 Å². The molecule has 0 aliphatic heterocycles. The molecule has 0 saturated heterocycles. The van der Waals surface area contributed by atoms with Gasteiger partial charge in [-0.15, -0.1) is 0 Å². The van der Waals surface area contributed by atoms with Crippen LogP contribution in [0.2, 0.25) is 39.3 Å². The van der Waals surface area contributed by atoms with Gasteiger partial charge < -0.3 is 0 Å². The summed E-state index contributed by atoms with van der Waals surface area (Å²) in [5.41, 5.74) is 1.60. The molecule has 0 amide bonds. The Morgan fingerprint density at radius 2 is 0.909 bits per heavy atom. The van der Waals surface area contributed by atoms with Crippen LogP contribution in [0.5, 0.6) is 0 Å². The first kappa shape index (κ1) is 20.6. The highest BCUT2D eigenvalue weighted by Gasteiger charge is 2.36. The Bertz CT molecular complexity index is 440. The van der Waals surface area contributed by atoms with Crippen LogP contribution in [0.4, 0.5) is 0 Å². The molecule has 1 aromatic carbocycles. The Morgan fingerprint density at radius 1 is 0.636 bits per heavy atom. The van der Waals surface area contributed by atoms with E-state index in [0.29, 0.717) is 0 Å². The molecule has 1 rings (SSSR count). The second-order valence-corrected chi connectivity index (χ2v) is 32.9. The highest BCUT2D eigenvalue weighted by molar-refractivity contribution is 8.04. The highest BCUT2D eigenvalue weighted by atomic mass is 31.4. The first-order valence-corrected chi connectivity index (χ1v) is 20.1. The minimum Gasteiger partial charge on any atom is -0.0850 e. The Hall–Kier alpha value is 0.514. The summed E-state index contributed by atoms with van der Waals surface area (Å²) in [6.45, 7) is 25.2. The van der Waals surface area contributed by atoms with Gasteiger partial charge in [0, 0.05) is 0 Å². The van der Waals surface area contributed by atoms with Crippen molar-refractivity contribution in [3.05, 3.63) is 24.3 Å². The molecular formula is C18H36P2Si2. The monoisotopic (exact) mass is 370 g/mol. The van der Waals surface area contributed by atoms with E-state index in [1.165, 1.54) is 0 Å². The molecule has 0 nitrogen and oxygen atoms in total. The molecule has 0 aliphatic rings. The largest absolute Gasteiger partial charge is 0.0850 e. The minimum absolute atomic E-state index is 0.00367. The first-order valence-electron chi connectivity index (χ1n) is 8.55. The quantitative estimate of drug-likeness (QED) is 0.402. The molecule has 0 bridgehead atoms. The molecule has 0 saturated carbocycles. The van der Waals surface area contributed by atoms with Crippen molar-refractivity contribution in [1.29, 1.82) is 0 Å². The summed E-state index contributed by atoms with van der Waals surface area (Å²) in [5.74, 6) is 0. The predicted molar refractivity (Wildman–Crippen MR) is 117 cm³/mol. The third kappa shape index (κ3) is 5.00. The van der Waals surface area contributed by atoms with Crippen molar-refractivity contribution in [2.75, 3.05) is 0 Å². The summed E-state index contributed by atoms with van der Waals surface area (Å²) < 4.78 is 0. The van der Waals surface area contributed by atoms with Gasteiger partial charge in [-0.1, -0.05) is 106 Å². The molecular weight excluding hydrogens is 334 g/mol.